The molecule has 4 rings (SSSR count). The van der Waals surface area contributed by atoms with Gasteiger partial charge in [-0.15, -0.1) is 10.1 Å². The minimum absolute atomic E-state index is 0.239. The number of carbonyl (C=O) groups excluding carboxylic acids is 2. The molecule has 0 aromatic carbocycles. The van der Waals surface area contributed by atoms with E-state index in [1.54, 1.807) is 0 Å². The van der Waals surface area contributed by atoms with Crippen molar-refractivity contribution in [2.45, 2.75) is 270 Å². The van der Waals surface area contributed by atoms with Crippen molar-refractivity contribution in [3.05, 3.63) is 0 Å². The van der Waals surface area contributed by atoms with E-state index >= 15 is 0 Å². The Morgan fingerprint density at radius 2 is 0.593 bits per heavy atom. The molecule has 0 aliphatic carbocycles. The van der Waals surface area contributed by atoms with Crippen molar-refractivity contribution in [1.29, 1.82) is 0 Å². The quantitative estimate of drug-likeness (QED) is 0.169. The molecule has 2 atom stereocenters. The highest BCUT2D eigenvalue weighted by molar-refractivity contribution is 5.75. The maximum Gasteiger partial charge on any atom is 0.356 e. The third-order valence-corrected chi connectivity index (χ3v) is 13.2. The Bertz CT molecular complexity index is 1140. The zero-order valence-corrected chi connectivity index (χ0v) is 37.7. The van der Waals surface area contributed by atoms with Crippen LogP contribution in [-0.4, -0.2) is 88.7 Å². The molecule has 0 saturated carbocycles. The summed E-state index contributed by atoms with van der Waals surface area (Å²) in [5.41, 5.74) is -2.11. The van der Waals surface area contributed by atoms with E-state index in [2.05, 4.69) is 121 Å². The number of hydrogen-bond donors (Lipinski definition) is 0. The second kappa shape index (κ2) is 16.2. The van der Waals surface area contributed by atoms with Gasteiger partial charge in [-0.25, -0.2) is 9.59 Å². The van der Waals surface area contributed by atoms with E-state index in [0.717, 1.165) is 77.0 Å². The molecule has 54 heavy (non-hydrogen) atoms. The van der Waals surface area contributed by atoms with Crippen molar-refractivity contribution in [2.75, 3.05) is 0 Å². The maximum atomic E-state index is 14.3. The van der Waals surface area contributed by atoms with Crippen LogP contribution in [0.15, 0.2) is 0 Å². The molecule has 0 radical (unpaired) electrons. The molecule has 314 valence electrons. The van der Waals surface area contributed by atoms with Gasteiger partial charge in [-0.2, -0.15) is 10.1 Å². The lowest BCUT2D eigenvalue weighted by Gasteiger charge is -2.53. The molecule has 10 heteroatoms. The molecule has 4 aliphatic rings. The topological polar surface area (TPSA) is 84.0 Å². The van der Waals surface area contributed by atoms with Crippen molar-refractivity contribution >= 4 is 11.9 Å². The molecule has 4 fully saturated rings. The molecule has 4 heterocycles. The number of nitrogens with zero attached hydrogens (tertiary/aromatic N) is 4. The maximum absolute atomic E-state index is 14.3. The molecule has 10 nitrogen and oxygen atoms in total. The second-order valence-electron chi connectivity index (χ2n) is 22.4. The molecule has 4 aliphatic heterocycles. The highest BCUT2D eigenvalue weighted by atomic mass is 16.8. The van der Waals surface area contributed by atoms with Crippen LogP contribution in [0.4, 0.5) is 0 Å². The molecule has 0 aromatic heterocycles. The van der Waals surface area contributed by atoms with Gasteiger partial charge in [0.25, 0.3) is 0 Å². The van der Waals surface area contributed by atoms with Crippen molar-refractivity contribution in [2.24, 2.45) is 0 Å². The summed E-state index contributed by atoms with van der Waals surface area (Å²) in [6.45, 7) is 34.9. The minimum Gasteiger partial charge on any atom is -0.364 e. The van der Waals surface area contributed by atoms with Crippen molar-refractivity contribution in [1.82, 2.24) is 20.3 Å². The number of rotatable bonds is 13. The van der Waals surface area contributed by atoms with Gasteiger partial charge in [-0.1, -0.05) is 12.8 Å². The van der Waals surface area contributed by atoms with Gasteiger partial charge in [-0.05, 0) is 201 Å². The predicted octanol–water partition coefficient (Wildman–Crippen LogP) is 10.2. The summed E-state index contributed by atoms with van der Waals surface area (Å²) in [4.78, 5) is 55.1. The molecule has 4 saturated heterocycles. The predicted molar refractivity (Wildman–Crippen MR) is 216 cm³/mol. The van der Waals surface area contributed by atoms with Crippen LogP contribution in [0.1, 0.15) is 214 Å². The van der Waals surface area contributed by atoms with Crippen LogP contribution in [0.3, 0.4) is 0 Å². The highest BCUT2D eigenvalue weighted by Crippen LogP contribution is 2.43. The van der Waals surface area contributed by atoms with E-state index in [1.807, 2.05) is 10.1 Å². The Morgan fingerprint density at radius 3 is 0.815 bits per heavy atom. The van der Waals surface area contributed by atoms with Crippen molar-refractivity contribution < 1.29 is 28.9 Å². The smallest absolute Gasteiger partial charge is 0.356 e. The average molecular weight is 763 g/mol. The van der Waals surface area contributed by atoms with Gasteiger partial charge in [0.15, 0.2) is 12.2 Å². The summed E-state index contributed by atoms with van der Waals surface area (Å²) in [5.74, 6) is -0.706. The summed E-state index contributed by atoms with van der Waals surface area (Å²) in [6, 6.07) is 0. The summed E-state index contributed by atoms with van der Waals surface area (Å²) in [6.07, 6.45) is 12.8. The third-order valence-electron chi connectivity index (χ3n) is 13.2. The lowest BCUT2D eigenvalue weighted by Crippen LogP contribution is -2.62. The SMILES string of the molecule is CC1(C)CCCC(C)(C)N1OC(=O)C(CCCCC(ON1C(C)(C)CCCC1(C)C)C(=O)ON1C(C)(C)CCCC1(C)C)ON1C(C)(C)CCCC1(C)C. The Morgan fingerprint density at radius 1 is 0.389 bits per heavy atom. The summed E-state index contributed by atoms with van der Waals surface area (Å²) < 4.78 is 0. The first-order valence-corrected chi connectivity index (χ1v) is 21.5. The van der Waals surface area contributed by atoms with Gasteiger partial charge >= 0.3 is 11.9 Å². The van der Waals surface area contributed by atoms with E-state index in [9.17, 15) is 9.59 Å². The van der Waals surface area contributed by atoms with Crippen molar-refractivity contribution in [3.8, 4) is 0 Å². The van der Waals surface area contributed by atoms with Crippen LogP contribution >= 0.6 is 0 Å². The summed E-state index contributed by atoms with van der Waals surface area (Å²) in [7, 11) is 0. The third kappa shape index (κ3) is 10.4. The minimum atomic E-state index is -0.795. The van der Waals surface area contributed by atoms with Gasteiger partial charge in [0.05, 0.1) is 22.2 Å². The average Bonchev–Trinajstić information content (AvgIpc) is 2.99. The van der Waals surface area contributed by atoms with Crippen LogP contribution < -0.4 is 0 Å². The number of piperidine rings is 4. The number of hydrogen-bond acceptors (Lipinski definition) is 10. The monoisotopic (exact) mass is 763 g/mol. The van der Waals surface area contributed by atoms with Crippen LogP contribution in [0.2, 0.25) is 0 Å². The molecule has 0 amide bonds. The van der Waals surface area contributed by atoms with E-state index in [0.29, 0.717) is 25.7 Å². The van der Waals surface area contributed by atoms with Gasteiger partial charge < -0.3 is 9.68 Å². The molecular weight excluding hydrogens is 681 g/mol. The second-order valence-corrected chi connectivity index (χ2v) is 22.4. The molecular formula is C44H82N4O6. The van der Waals surface area contributed by atoms with Gasteiger partial charge in [0.1, 0.15) is 0 Å². The van der Waals surface area contributed by atoms with Gasteiger partial charge in [0, 0.05) is 22.2 Å². The molecule has 0 N–H and O–H groups in total. The van der Waals surface area contributed by atoms with E-state index < -0.39 is 12.2 Å². The molecule has 0 bridgehead atoms. The highest BCUT2D eigenvalue weighted by Gasteiger charge is 2.50. The Balaban J connectivity index is 1.56. The molecule has 0 aromatic rings. The fraction of sp³-hybridized carbons (Fsp3) is 0.955. The van der Waals surface area contributed by atoms with E-state index in [-0.39, 0.29) is 56.3 Å². The Hall–Kier alpha value is -1.30. The number of hydroxylamine groups is 8. The first-order valence-electron chi connectivity index (χ1n) is 21.5. The number of unbranched alkanes of at least 4 members (excludes halogenated alkanes) is 1. The van der Waals surface area contributed by atoms with Gasteiger partial charge in [-0.3, -0.25) is 9.68 Å². The number of carbonyl (C=O) groups is 2. The van der Waals surface area contributed by atoms with E-state index in [4.69, 9.17) is 19.4 Å². The van der Waals surface area contributed by atoms with Crippen LogP contribution in [0.5, 0.6) is 0 Å². The van der Waals surface area contributed by atoms with Gasteiger partial charge in [0.2, 0.25) is 0 Å². The lowest BCUT2D eigenvalue weighted by atomic mass is 9.82. The summed E-state index contributed by atoms with van der Waals surface area (Å²) in [5, 5.41) is 8.02. The first-order chi connectivity index (χ1) is 24.5. The largest absolute Gasteiger partial charge is 0.364 e. The first kappa shape index (κ1) is 45.4. The van der Waals surface area contributed by atoms with E-state index in [1.165, 1.54) is 0 Å². The fourth-order valence-electron chi connectivity index (χ4n) is 10.6. The lowest BCUT2D eigenvalue weighted by molar-refractivity contribution is -0.320. The fourth-order valence-corrected chi connectivity index (χ4v) is 10.6. The zero-order chi connectivity index (χ0) is 40.8. The Labute approximate surface area is 330 Å². The van der Waals surface area contributed by atoms with Crippen LogP contribution in [-0.2, 0) is 28.9 Å². The van der Waals surface area contributed by atoms with Crippen molar-refractivity contribution in [3.63, 3.8) is 0 Å². The van der Waals surface area contributed by atoms with Crippen LogP contribution in [0, 0.1) is 0 Å². The van der Waals surface area contributed by atoms with Crippen LogP contribution in [0.25, 0.3) is 0 Å². The normalized spacial score (nSPS) is 28.8. The summed E-state index contributed by atoms with van der Waals surface area (Å²) >= 11 is 0. The molecule has 2 unspecified atom stereocenters. The molecule has 0 spiro atoms. The standard InChI is InChI=1S/C44H82N4O6/c1-37(2)25-19-26-38(3,4)45(37)51-33(35(49)53-47-41(9,10)29-21-30-42(47,11)12)23-17-18-24-34(52-46-39(5,6)27-20-28-40(46,7)8)36(50)54-48-43(13,14)31-22-32-44(48,15)16/h33-34H,17-32H2,1-16H3. The Kier molecular flexibility index (Phi) is 13.6. The zero-order valence-electron chi connectivity index (χ0n) is 37.7.